The molecule has 3 aromatic rings. The van der Waals surface area contributed by atoms with Gasteiger partial charge in [0, 0.05) is 5.56 Å². The molecule has 0 radical (unpaired) electrons. The van der Waals surface area contributed by atoms with E-state index >= 15 is 0 Å². The molecule has 1 N–H and O–H groups in total. The monoisotopic (exact) mass is 605 g/mol. The van der Waals surface area contributed by atoms with Crippen LogP contribution < -0.4 is 13.8 Å². The summed E-state index contributed by atoms with van der Waals surface area (Å²) >= 11 is 0. The zero-order valence-corrected chi connectivity index (χ0v) is 22.7. The average Bonchev–Trinajstić information content (AvgIpc) is 2.87. The number of carboxylic acids is 1. The van der Waals surface area contributed by atoms with Crippen LogP contribution in [0.25, 0.3) is 11.1 Å². The number of rotatable bonds is 4. The first-order chi connectivity index (χ1) is 18.8. The van der Waals surface area contributed by atoms with Gasteiger partial charge in [0.2, 0.25) is 0 Å². The lowest BCUT2D eigenvalue weighted by Gasteiger charge is -2.31. The Labute approximate surface area is 232 Å². The Morgan fingerprint density at radius 3 is 2.15 bits per heavy atom. The smallest absolute Gasteiger partial charge is 0.489 e. The van der Waals surface area contributed by atoms with Gasteiger partial charge in [0.1, 0.15) is 18.1 Å². The molecule has 3 aromatic carbocycles. The number of alkyl halides is 6. The molecule has 0 aromatic heterocycles. The molecule has 4 rings (SSSR count). The van der Waals surface area contributed by atoms with Crippen LogP contribution in [0.4, 0.5) is 32.0 Å². The van der Waals surface area contributed by atoms with Crippen molar-refractivity contribution in [2.45, 2.75) is 38.2 Å². The average molecular weight is 606 g/mol. The van der Waals surface area contributed by atoms with Crippen LogP contribution in [-0.4, -0.2) is 39.0 Å². The van der Waals surface area contributed by atoms with Crippen LogP contribution in [0.15, 0.2) is 71.6 Å². The Bertz CT molecular complexity index is 1510. The first-order valence-corrected chi connectivity index (χ1v) is 13.3. The number of hydrogen-bond donors (Lipinski definition) is 1. The molecule has 1 aliphatic heterocycles. The number of fused-ring (bicyclic) bond motifs is 1. The number of ether oxygens (including phenoxy) is 2. The summed E-state index contributed by atoms with van der Waals surface area (Å²) in [5, 5.41) is 8.25. The third kappa shape index (κ3) is 7.84. The minimum atomic E-state index is -4.95. The minimum absolute atomic E-state index is 0.0250. The van der Waals surface area contributed by atoms with Gasteiger partial charge in [-0.15, -0.1) is 13.2 Å². The van der Waals surface area contributed by atoms with Gasteiger partial charge >= 0.3 is 18.5 Å². The van der Waals surface area contributed by atoms with Crippen molar-refractivity contribution in [1.29, 1.82) is 0 Å². The lowest BCUT2D eigenvalue weighted by Crippen LogP contribution is -2.38. The molecule has 0 fully saturated rings. The molecule has 0 unspecified atom stereocenters. The van der Waals surface area contributed by atoms with E-state index in [0.29, 0.717) is 6.07 Å². The summed E-state index contributed by atoms with van der Waals surface area (Å²) in [6.45, 7) is 4.70. The van der Waals surface area contributed by atoms with E-state index in [1.165, 1.54) is 36.4 Å². The van der Waals surface area contributed by atoms with Crippen molar-refractivity contribution >= 4 is 21.7 Å². The maximum Gasteiger partial charge on any atom is 0.573 e. The van der Waals surface area contributed by atoms with Crippen LogP contribution in [0.2, 0.25) is 0 Å². The van der Waals surface area contributed by atoms with Gasteiger partial charge in [0.15, 0.2) is 0 Å². The quantitative estimate of drug-likeness (QED) is 0.323. The predicted molar refractivity (Wildman–Crippen MR) is 137 cm³/mol. The maximum atomic E-state index is 13.3. The van der Waals surface area contributed by atoms with E-state index in [4.69, 9.17) is 9.84 Å². The molecule has 41 heavy (non-hydrogen) atoms. The second-order valence-electron chi connectivity index (χ2n) is 9.73. The standard InChI is InChI=1S/C22H15F6NO4S.C5H10O2/c23-21(24,25)15-4-3-5-16(13-15)34(30,31)29-10-11-32-20-9-8-14(12-18(20)29)17-6-1-2-7-19(17)33-22(26,27)28;1-5(2,3)4(6)7/h1-9,12-13H,10-11H2;1-3H3,(H,6,7). The molecular weight excluding hydrogens is 580 g/mol. The highest BCUT2D eigenvalue weighted by molar-refractivity contribution is 7.92. The summed E-state index contributed by atoms with van der Waals surface area (Å²) in [7, 11) is -4.45. The molecule has 222 valence electrons. The van der Waals surface area contributed by atoms with Crippen molar-refractivity contribution in [3.05, 3.63) is 72.3 Å². The van der Waals surface area contributed by atoms with E-state index in [2.05, 4.69) is 4.74 Å². The van der Waals surface area contributed by atoms with Crippen LogP contribution in [0.5, 0.6) is 11.5 Å². The molecule has 0 atom stereocenters. The molecule has 0 saturated carbocycles. The number of para-hydroxylation sites is 1. The van der Waals surface area contributed by atoms with Gasteiger partial charge in [-0.25, -0.2) is 8.42 Å². The number of nitrogens with zero attached hydrogens (tertiary/aromatic N) is 1. The van der Waals surface area contributed by atoms with Crippen molar-refractivity contribution in [2.75, 3.05) is 17.5 Å². The number of halogens is 6. The first-order valence-electron chi connectivity index (χ1n) is 11.9. The molecule has 0 bridgehead atoms. The summed E-state index contributed by atoms with van der Waals surface area (Å²) in [4.78, 5) is 9.44. The van der Waals surface area contributed by atoms with Crippen molar-refractivity contribution in [1.82, 2.24) is 0 Å². The van der Waals surface area contributed by atoms with Crippen LogP contribution in [0.3, 0.4) is 0 Å². The van der Waals surface area contributed by atoms with Gasteiger partial charge in [-0.1, -0.05) is 30.3 Å². The van der Waals surface area contributed by atoms with E-state index in [1.807, 2.05) is 0 Å². The molecule has 0 amide bonds. The highest BCUT2D eigenvalue weighted by Crippen LogP contribution is 2.42. The first kappa shape index (κ1) is 31.6. The van der Waals surface area contributed by atoms with Crippen molar-refractivity contribution < 1.29 is 54.1 Å². The van der Waals surface area contributed by atoms with Crippen LogP contribution in [0, 0.1) is 5.41 Å². The number of aliphatic carboxylic acids is 1. The lowest BCUT2D eigenvalue weighted by atomic mass is 9.98. The summed E-state index contributed by atoms with van der Waals surface area (Å²) in [5.41, 5.74) is -1.52. The Morgan fingerprint density at radius 1 is 0.927 bits per heavy atom. The molecule has 1 aliphatic rings. The van der Waals surface area contributed by atoms with Crippen molar-refractivity contribution in [3.8, 4) is 22.6 Å². The van der Waals surface area contributed by atoms with Crippen molar-refractivity contribution in [3.63, 3.8) is 0 Å². The van der Waals surface area contributed by atoms with Gasteiger partial charge in [0.25, 0.3) is 10.0 Å². The molecule has 0 spiro atoms. The SMILES string of the molecule is CC(C)(C)C(=O)O.O=S(=O)(c1cccc(C(F)(F)F)c1)N1CCOc2ccc(-c3ccccc3OC(F)(F)F)cc21. The summed E-state index contributed by atoms with van der Waals surface area (Å²) in [5.74, 6) is -1.15. The van der Waals surface area contributed by atoms with E-state index in [-0.39, 0.29) is 35.7 Å². The maximum absolute atomic E-state index is 13.3. The van der Waals surface area contributed by atoms with Crippen LogP contribution >= 0.6 is 0 Å². The molecule has 0 aliphatic carbocycles. The topological polar surface area (TPSA) is 93.1 Å². The molecule has 0 saturated heterocycles. The fourth-order valence-electron chi connectivity index (χ4n) is 3.49. The highest BCUT2D eigenvalue weighted by atomic mass is 32.2. The zero-order valence-electron chi connectivity index (χ0n) is 21.9. The van der Waals surface area contributed by atoms with Gasteiger partial charge < -0.3 is 14.6 Å². The van der Waals surface area contributed by atoms with Crippen molar-refractivity contribution in [2.24, 2.45) is 5.41 Å². The Balaban J connectivity index is 0.000000587. The number of hydrogen-bond acceptors (Lipinski definition) is 5. The highest BCUT2D eigenvalue weighted by Gasteiger charge is 2.35. The van der Waals surface area contributed by atoms with Crippen LogP contribution in [0.1, 0.15) is 26.3 Å². The van der Waals surface area contributed by atoms with Gasteiger partial charge in [0.05, 0.1) is 28.1 Å². The normalized spacial score (nSPS) is 13.8. The third-order valence-corrected chi connectivity index (χ3v) is 7.40. The third-order valence-electron chi connectivity index (χ3n) is 5.59. The van der Waals surface area contributed by atoms with E-state index in [0.717, 1.165) is 28.6 Å². The Morgan fingerprint density at radius 2 is 1.56 bits per heavy atom. The summed E-state index contributed by atoms with van der Waals surface area (Å²) < 4.78 is 115. The molecule has 1 heterocycles. The summed E-state index contributed by atoms with van der Waals surface area (Å²) in [6, 6.07) is 12.7. The van der Waals surface area contributed by atoms with Crippen LogP contribution in [-0.2, 0) is 21.0 Å². The predicted octanol–water partition coefficient (Wildman–Crippen LogP) is 6.98. The van der Waals surface area contributed by atoms with E-state index in [1.54, 1.807) is 20.8 Å². The number of carbonyl (C=O) groups is 1. The van der Waals surface area contributed by atoms with Gasteiger partial charge in [-0.05, 0) is 62.7 Å². The zero-order chi connectivity index (χ0) is 30.8. The summed E-state index contributed by atoms with van der Waals surface area (Å²) in [6.07, 6.45) is -9.70. The number of anilines is 1. The fraction of sp³-hybridized carbons (Fsp3) is 0.296. The molecule has 7 nitrogen and oxygen atoms in total. The fourth-order valence-corrected chi connectivity index (χ4v) is 4.99. The number of sulfonamides is 1. The number of carboxylic acid groups (broad SMARTS) is 1. The van der Waals surface area contributed by atoms with Gasteiger partial charge in [-0.3, -0.25) is 9.10 Å². The Hall–Kier alpha value is -3.94. The lowest BCUT2D eigenvalue weighted by molar-refractivity contribution is -0.274. The second-order valence-corrected chi connectivity index (χ2v) is 11.6. The number of benzene rings is 3. The molecular formula is C27H25F6NO6S. The second kappa shape index (κ2) is 11.5. The Kier molecular flexibility index (Phi) is 8.87. The van der Waals surface area contributed by atoms with Gasteiger partial charge in [-0.2, -0.15) is 13.2 Å². The minimum Gasteiger partial charge on any atom is -0.489 e. The largest absolute Gasteiger partial charge is 0.573 e. The van der Waals surface area contributed by atoms with E-state index in [9.17, 15) is 39.6 Å². The molecule has 14 heteroatoms. The van der Waals surface area contributed by atoms with E-state index < -0.39 is 50.2 Å².